The largest absolute Gasteiger partial charge is 0.392 e. The summed E-state index contributed by atoms with van der Waals surface area (Å²) >= 11 is 1.72. The highest BCUT2D eigenvalue weighted by Gasteiger charge is 2.26. The summed E-state index contributed by atoms with van der Waals surface area (Å²) in [4.78, 5) is 4.75. The Labute approximate surface area is 129 Å². The van der Waals surface area contributed by atoms with E-state index in [9.17, 15) is 5.11 Å². The van der Waals surface area contributed by atoms with Crippen LogP contribution < -0.4 is 0 Å². The van der Waals surface area contributed by atoms with Gasteiger partial charge in [0.25, 0.3) is 0 Å². The van der Waals surface area contributed by atoms with Crippen LogP contribution in [0.2, 0.25) is 0 Å². The predicted molar refractivity (Wildman–Crippen MR) is 85.7 cm³/mol. The molecule has 0 spiro atoms. The van der Waals surface area contributed by atoms with Crippen molar-refractivity contribution in [3.05, 3.63) is 24.3 Å². The van der Waals surface area contributed by atoms with Crippen molar-refractivity contribution in [2.45, 2.75) is 48.7 Å². The minimum absolute atomic E-state index is 0.209. The summed E-state index contributed by atoms with van der Waals surface area (Å²) in [6, 6.07) is 8.19. The Morgan fingerprint density at radius 3 is 2.95 bits per heavy atom. The third-order valence-corrected chi connectivity index (χ3v) is 5.44. The third kappa shape index (κ3) is 3.25. The van der Waals surface area contributed by atoms with Crippen molar-refractivity contribution in [1.29, 1.82) is 0 Å². The van der Waals surface area contributed by atoms with E-state index in [0.717, 1.165) is 42.0 Å². The van der Waals surface area contributed by atoms with Gasteiger partial charge in [-0.3, -0.25) is 0 Å². The summed E-state index contributed by atoms with van der Waals surface area (Å²) in [5.74, 6) is 0. The van der Waals surface area contributed by atoms with E-state index in [2.05, 4.69) is 10.6 Å². The zero-order chi connectivity index (χ0) is 14.7. The Morgan fingerprint density at radius 1 is 1.33 bits per heavy atom. The van der Waals surface area contributed by atoms with E-state index in [1.54, 1.807) is 18.9 Å². The average Bonchev–Trinajstić information content (AvgIpc) is 2.85. The number of ether oxygens (including phenoxy) is 1. The van der Waals surface area contributed by atoms with Gasteiger partial charge in [0.1, 0.15) is 0 Å². The van der Waals surface area contributed by atoms with E-state index in [1.165, 1.54) is 6.42 Å². The maximum absolute atomic E-state index is 10.2. The second-order valence-electron chi connectivity index (χ2n) is 5.54. The van der Waals surface area contributed by atoms with Crippen molar-refractivity contribution in [3.63, 3.8) is 0 Å². The molecule has 4 nitrogen and oxygen atoms in total. The molecule has 0 aliphatic heterocycles. The number of fused-ring (bicyclic) bond motifs is 1. The first-order valence-corrected chi connectivity index (χ1v) is 8.46. The number of nitrogens with zero attached hydrogens (tertiary/aromatic N) is 2. The number of benzene rings is 1. The average molecular weight is 306 g/mol. The molecular weight excluding hydrogens is 284 g/mol. The third-order valence-electron chi connectivity index (χ3n) is 4.06. The molecular formula is C16H22N2O2S. The Morgan fingerprint density at radius 2 is 2.14 bits per heavy atom. The van der Waals surface area contributed by atoms with Gasteiger partial charge < -0.3 is 14.4 Å². The summed E-state index contributed by atoms with van der Waals surface area (Å²) in [6.07, 6.45) is 4.11. The topological polar surface area (TPSA) is 47.3 Å². The van der Waals surface area contributed by atoms with E-state index < -0.39 is 0 Å². The molecule has 1 fully saturated rings. The van der Waals surface area contributed by atoms with Crippen LogP contribution in [0.15, 0.2) is 29.4 Å². The number of aliphatic hydroxyl groups excluding tert-OH is 1. The molecule has 2 aromatic rings. The van der Waals surface area contributed by atoms with Gasteiger partial charge in [-0.05, 0) is 25.0 Å². The fourth-order valence-corrected chi connectivity index (χ4v) is 4.21. The van der Waals surface area contributed by atoms with Crippen LogP contribution in [-0.4, -0.2) is 39.7 Å². The van der Waals surface area contributed by atoms with Crippen molar-refractivity contribution in [1.82, 2.24) is 9.55 Å². The van der Waals surface area contributed by atoms with E-state index in [1.807, 2.05) is 18.2 Å². The summed E-state index contributed by atoms with van der Waals surface area (Å²) in [6.45, 7) is 1.46. The standard InChI is InChI=1S/C16H22N2O2S/c1-20-11-10-18-13-7-3-2-6-12(13)17-16(18)21-15-9-5-4-8-14(15)19/h2-3,6-7,14-15,19H,4-5,8-11H2,1H3. The van der Waals surface area contributed by atoms with E-state index >= 15 is 0 Å². The molecule has 21 heavy (non-hydrogen) atoms. The first-order valence-electron chi connectivity index (χ1n) is 7.58. The van der Waals surface area contributed by atoms with Crippen LogP contribution in [-0.2, 0) is 11.3 Å². The Balaban J connectivity index is 1.88. The number of aromatic nitrogens is 2. The Bertz CT molecular complexity index is 599. The van der Waals surface area contributed by atoms with Gasteiger partial charge in [0.2, 0.25) is 0 Å². The van der Waals surface area contributed by atoms with Crippen LogP contribution in [0, 0.1) is 0 Å². The quantitative estimate of drug-likeness (QED) is 0.922. The summed E-state index contributed by atoms with van der Waals surface area (Å²) in [7, 11) is 1.72. The molecule has 1 N–H and O–H groups in total. The van der Waals surface area contributed by atoms with Crippen LogP contribution in [0.3, 0.4) is 0 Å². The molecule has 1 heterocycles. The number of methoxy groups -OCH3 is 1. The van der Waals surface area contributed by atoms with E-state index in [0.29, 0.717) is 6.61 Å². The first kappa shape index (κ1) is 14.9. The van der Waals surface area contributed by atoms with Gasteiger partial charge >= 0.3 is 0 Å². The molecule has 0 bridgehead atoms. The Kier molecular flexibility index (Phi) is 4.83. The van der Waals surface area contributed by atoms with Gasteiger partial charge in [-0.25, -0.2) is 4.98 Å². The summed E-state index contributed by atoms with van der Waals surface area (Å²) in [5, 5.41) is 11.4. The molecule has 0 saturated heterocycles. The van der Waals surface area contributed by atoms with Gasteiger partial charge in [-0.15, -0.1) is 0 Å². The zero-order valence-corrected chi connectivity index (χ0v) is 13.2. The molecule has 1 aromatic carbocycles. The highest BCUT2D eigenvalue weighted by molar-refractivity contribution is 7.99. The maximum atomic E-state index is 10.2. The van der Waals surface area contributed by atoms with Crippen LogP contribution >= 0.6 is 11.8 Å². The molecule has 5 heteroatoms. The van der Waals surface area contributed by atoms with Crippen LogP contribution in [0.1, 0.15) is 25.7 Å². The normalized spacial score (nSPS) is 22.8. The van der Waals surface area contributed by atoms with Gasteiger partial charge in [0.05, 0.1) is 23.7 Å². The van der Waals surface area contributed by atoms with Crippen LogP contribution in [0.25, 0.3) is 11.0 Å². The lowest BCUT2D eigenvalue weighted by molar-refractivity contribution is 0.136. The molecule has 2 unspecified atom stereocenters. The molecule has 1 saturated carbocycles. The van der Waals surface area contributed by atoms with Crippen LogP contribution in [0.4, 0.5) is 0 Å². The number of hydrogen-bond acceptors (Lipinski definition) is 4. The molecule has 1 aliphatic rings. The van der Waals surface area contributed by atoms with E-state index in [4.69, 9.17) is 9.72 Å². The highest BCUT2D eigenvalue weighted by Crippen LogP contribution is 2.35. The minimum atomic E-state index is -0.209. The fraction of sp³-hybridized carbons (Fsp3) is 0.562. The van der Waals surface area contributed by atoms with Crippen molar-refractivity contribution >= 4 is 22.8 Å². The predicted octanol–water partition coefficient (Wildman–Crippen LogP) is 3.08. The monoisotopic (exact) mass is 306 g/mol. The second-order valence-corrected chi connectivity index (χ2v) is 6.74. The molecule has 0 radical (unpaired) electrons. The van der Waals surface area contributed by atoms with Crippen molar-refractivity contribution < 1.29 is 9.84 Å². The number of rotatable bonds is 5. The smallest absolute Gasteiger partial charge is 0.169 e. The molecule has 1 aromatic heterocycles. The van der Waals surface area contributed by atoms with Gasteiger partial charge in [-0.2, -0.15) is 0 Å². The number of para-hydroxylation sites is 2. The second kappa shape index (κ2) is 6.81. The minimum Gasteiger partial charge on any atom is -0.392 e. The molecule has 114 valence electrons. The lowest BCUT2D eigenvalue weighted by Gasteiger charge is -2.26. The van der Waals surface area contributed by atoms with E-state index in [-0.39, 0.29) is 11.4 Å². The zero-order valence-electron chi connectivity index (χ0n) is 12.4. The highest BCUT2D eigenvalue weighted by atomic mass is 32.2. The first-order chi connectivity index (χ1) is 10.3. The number of aliphatic hydroxyl groups is 1. The molecule has 0 amide bonds. The van der Waals surface area contributed by atoms with Crippen molar-refractivity contribution in [3.8, 4) is 0 Å². The lowest BCUT2D eigenvalue weighted by Crippen LogP contribution is -2.27. The SMILES string of the molecule is COCCn1c(SC2CCCCC2O)nc2ccccc21. The number of hydrogen-bond donors (Lipinski definition) is 1. The lowest BCUT2D eigenvalue weighted by atomic mass is 9.97. The fourth-order valence-electron chi connectivity index (χ4n) is 2.89. The van der Waals surface area contributed by atoms with Crippen molar-refractivity contribution in [2.24, 2.45) is 0 Å². The Hall–Kier alpha value is -1.04. The van der Waals surface area contributed by atoms with Crippen molar-refractivity contribution in [2.75, 3.05) is 13.7 Å². The van der Waals surface area contributed by atoms with Gasteiger partial charge in [0, 0.05) is 18.9 Å². The summed E-state index contributed by atoms with van der Waals surface area (Å²) in [5.41, 5.74) is 2.16. The van der Waals surface area contributed by atoms with Gasteiger partial charge in [0.15, 0.2) is 5.16 Å². The number of thioether (sulfide) groups is 1. The molecule has 2 atom stereocenters. The molecule has 3 rings (SSSR count). The number of imidazole rings is 1. The summed E-state index contributed by atoms with van der Waals surface area (Å²) < 4.78 is 7.44. The maximum Gasteiger partial charge on any atom is 0.169 e. The van der Waals surface area contributed by atoms with Crippen LogP contribution in [0.5, 0.6) is 0 Å². The molecule has 1 aliphatic carbocycles. The van der Waals surface area contributed by atoms with Gasteiger partial charge in [-0.1, -0.05) is 36.7 Å².